The van der Waals surface area contributed by atoms with Gasteiger partial charge in [-0.25, -0.2) is 4.79 Å². The molecule has 33 heavy (non-hydrogen) atoms. The van der Waals surface area contributed by atoms with Crippen molar-refractivity contribution in [1.82, 2.24) is 10.2 Å². The van der Waals surface area contributed by atoms with Crippen LogP contribution in [0.25, 0.3) is 0 Å². The largest absolute Gasteiger partial charge is 0.477 e. The molecule has 0 spiro atoms. The second-order valence-electron chi connectivity index (χ2n) is 7.86. The van der Waals surface area contributed by atoms with Crippen LogP contribution >= 0.6 is 11.8 Å². The Hall–Kier alpha value is -2.65. The van der Waals surface area contributed by atoms with Crippen molar-refractivity contribution in [3.8, 4) is 0 Å². The monoisotopic (exact) mass is 476 g/mol. The van der Waals surface area contributed by atoms with E-state index in [-0.39, 0.29) is 35.5 Å². The lowest BCUT2D eigenvalue weighted by molar-refractivity contribution is -0.149. The molecule has 2 aliphatic rings. The number of unbranched alkanes of at least 4 members (excludes halogenated alkanes) is 2. The van der Waals surface area contributed by atoms with Crippen molar-refractivity contribution in [3.05, 3.63) is 47.2 Å². The minimum Gasteiger partial charge on any atom is -0.477 e. The van der Waals surface area contributed by atoms with Gasteiger partial charge in [0.1, 0.15) is 30.0 Å². The van der Waals surface area contributed by atoms with Gasteiger partial charge < -0.3 is 20.0 Å². The van der Waals surface area contributed by atoms with E-state index in [2.05, 4.69) is 12.2 Å². The lowest BCUT2D eigenvalue weighted by Crippen LogP contribution is -2.69. The van der Waals surface area contributed by atoms with Gasteiger partial charge in [0.05, 0.1) is 0 Å². The molecule has 0 aliphatic carbocycles. The molecule has 3 atom stereocenters. The molecule has 1 fully saturated rings. The number of rotatable bonds is 10. The Labute approximate surface area is 198 Å². The summed E-state index contributed by atoms with van der Waals surface area (Å²) in [5, 5.41) is 11.9. The van der Waals surface area contributed by atoms with Crippen LogP contribution in [0.3, 0.4) is 0 Å². The van der Waals surface area contributed by atoms with Crippen molar-refractivity contribution in [2.75, 3.05) is 19.4 Å². The van der Waals surface area contributed by atoms with E-state index in [1.165, 1.54) is 36.4 Å². The number of carboxylic acids is 1. The Morgan fingerprint density at radius 1 is 1.30 bits per heavy atom. The van der Waals surface area contributed by atoms with E-state index in [4.69, 9.17) is 4.74 Å². The minimum absolute atomic E-state index is 0.0542. The summed E-state index contributed by atoms with van der Waals surface area (Å²) in [5.74, 6) is -1.38. The number of thioether (sulfide) groups is 1. The van der Waals surface area contributed by atoms with Crippen LogP contribution in [-0.2, 0) is 23.9 Å². The summed E-state index contributed by atoms with van der Waals surface area (Å²) >= 11 is 1.46. The van der Waals surface area contributed by atoms with Crippen LogP contribution in [-0.4, -0.2) is 65.0 Å². The number of hydrogen-bond donors (Lipinski definition) is 2. The van der Waals surface area contributed by atoms with Gasteiger partial charge in [0.25, 0.3) is 0 Å². The van der Waals surface area contributed by atoms with Crippen molar-refractivity contribution < 1.29 is 29.0 Å². The first-order valence-electron chi connectivity index (χ1n) is 11.1. The Morgan fingerprint density at radius 2 is 2.00 bits per heavy atom. The predicted octanol–water partition coefficient (Wildman–Crippen LogP) is 2.94. The number of ether oxygens (including phenoxy) is 1. The molecule has 3 rings (SSSR count). The number of carbonyl (C=O) groups excluding carboxylic acids is 3. The molecular weight excluding hydrogens is 444 g/mol. The fourth-order valence-corrected chi connectivity index (χ4v) is 5.14. The molecule has 0 saturated carbocycles. The van der Waals surface area contributed by atoms with Crippen molar-refractivity contribution in [2.45, 2.75) is 56.9 Å². The lowest BCUT2D eigenvalue weighted by Gasteiger charge is -2.49. The maximum atomic E-state index is 11.9. The van der Waals surface area contributed by atoms with E-state index in [0.29, 0.717) is 11.3 Å². The number of nitrogens with zero attached hydrogens (tertiary/aromatic N) is 1. The van der Waals surface area contributed by atoms with Crippen molar-refractivity contribution in [2.24, 2.45) is 0 Å². The summed E-state index contributed by atoms with van der Waals surface area (Å²) in [6.45, 7) is 3.34. The van der Waals surface area contributed by atoms with Crippen LogP contribution in [0.2, 0.25) is 0 Å². The van der Waals surface area contributed by atoms with Gasteiger partial charge in [0.15, 0.2) is 0 Å². The zero-order valence-corrected chi connectivity index (χ0v) is 20.1. The topological polar surface area (TPSA) is 113 Å². The van der Waals surface area contributed by atoms with Gasteiger partial charge in [0.2, 0.25) is 5.91 Å². The number of carbonyl (C=O) groups is 4. The fraction of sp³-hybridized carbons (Fsp3) is 0.500. The summed E-state index contributed by atoms with van der Waals surface area (Å²) in [6, 6.07) is 9.68. The van der Waals surface area contributed by atoms with Crippen LogP contribution in [0.1, 0.15) is 51.0 Å². The second-order valence-corrected chi connectivity index (χ2v) is 8.97. The SMILES string of the molecule is CCCCCC(C=O)c1ccccc1.CN[C@@H]1C(=O)N2C(C(=O)O)=C(COC(C)=O)CS[C@H]12. The molecule has 0 radical (unpaired) electrons. The zero-order chi connectivity index (χ0) is 24.4. The minimum atomic E-state index is -1.17. The molecule has 0 bridgehead atoms. The molecule has 1 aromatic carbocycles. The molecule has 2 N–H and O–H groups in total. The zero-order valence-electron chi connectivity index (χ0n) is 19.3. The number of fused-ring (bicyclic) bond motifs is 1. The van der Waals surface area contributed by atoms with Gasteiger partial charge in [-0.3, -0.25) is 14.5 Å². The maximum absolute atomic E-state index is 11.9. The van der Waals surface area contributed by atoms with Crippen molar-refractivity contribution >= 4 is 35.9 Å². The highest BCUT2D eigenvalue weighted by molar-refractivity contribution is 8.00. The number of carboxylic acid groups (broad SMARTS) is 1. The van der Waals surface area contributed by atoms with E-state index in [0.717, 1.165) is 24.7 Å². The number of benzene rings is 1. The van der Waals surface area contributed by atoms with Gasteiger partial charge in [-0.1, -0.05) is 56.5 Å². The van der Waals surface area contributed by atoms with Gasteiger partial charge in [-0.05, 0) is 19.0 Å². The normalized spacial score (nSPS) is 20.1. The molecule has 0 aromatic heterocycles. The molecule has 1 saturated heterocycles. The summed E-state index contributed by atoms with van der Waals surface area (Å²) in [5.41, 5.74) is 1.55. The Balaban J connectivity index is 0.000000245. The second kappa shape index (κ2) is 13.2. The number of hydrogen-bond acceptors (Lipinski definition) is 7. The third-order valence-electron chi connectivity index (χ3n) is 5.52. The van der Waals surface area contributed by atoms with Crippen LogP contribution in [0, 0.1) is 0 Å². The molecule has 180 valence electrons. The first-order valence-corrected chi connectivity index (χ1v) is 12.1. The Morgan fingerprint density at radius 3 is 2.55 bits per heavy atom. The summed E-state index contributed by atoms with van der Waals surface area (Å²) < 4.78 is 4.83. The van der Waals surface area contributed by atoms with Crippen LogP contribution in [0.5, 0.6) is 0 Å². The Bertz CT molecular complexity index is 873. The van der Waals surface area contributed by atoms with Gasteiger partial charge in [-0.15, -0.1) is 11.8 Å². The fourth-order valence-electron chi connectivity index (χ4n) is 3.74. The first kappa shape index (κ1) is 26.6. The number of aliphatic carboxylic acids is 1. The average Bonchev–Trinajstić information content (AvgIpc) is 2.81. The molecular formula is C24H32N2O6S. The quantitative estimate of drug-likeness (QED) is 0.229. The average molecular weight is 477 g/mol. The molecule has 8 nitrogen and oxygen atoms in total. The number of β-lactam (4-membered cyclic amide) rings is 1. The van der Waals surface area contributed by atoms with Gasteiger partial charge in [-0.2, -0.15) is 0 Å². The molecule has 2 heterocycles. The van der Waals surface area contributed by atoms with Crippen LogP contribution in [0.15, 0.2) is 41.6 Å². The third kappa shape index (κ3) is 6.91. The molecule has 9 heteroatoms. The van der Waals surface area contributed by atoms with E-state index >= 15 is 0 Å². The molecule has 2 aliphatic heterocycles. The Kier molecular flexibility index (Phi) is 10.6. The van der Waals surface area contributed by atoms with Crippen molar-refractivity contribution in [3.63, 3.8) is 0 Å². The van der Waals surface area contributed by atoms with E-state index < -0.39 is 11.9 Å². The highest BCUT2D eigenvalue weighted by atomic mass is 32.2. The molecule has 1 unspecified atom stereocenters. The maximum Gasteiger partial charge on any atom is 0.352 e. The number of aldehydes is 1. The molecule has 1 aromatic rings. The highest BCUT2D eigenvalue weighted by Crippen LogP contribution is 2.40. The highest BCUT2D eigenvalue weighted by Gasteiger charge is 2.52. The summed E-state index contributed by atoms with van der Waals surface area (Å²) in [4.78, 5) is 46.1. The third-order valence-corrected chi connectivity index (χ3v) is 6.86. The number of likely N-dealkylation sites (N-methyl/N-ethyl adjacent to an activating group) is 1. The van der Waals surface area contributed by atoms with E-state index in [1.54, 1.807) is 7.05 Å². The molecule has 1 amide bonds. The summed E-state index contributed by atoms with van der Waals surface area (Å²) in [6.07, 6.45) is 5.64. The van der Waals surface area contributed by atoms with Crippen LogP contribution < -0.4 is 5.32 Å². The van der Waals surface area contributed by atoms with Crippen molar-refractivity contribution in [1.29, 1.82) is 0 Å². The number of esters is 1. The van der Waals surface area contributed by atoms with E-state index in [9.17, 15) is 24.3 Å². The van der Waals surface area contributed by atoms with E-state index in [1.807, 2.05) is 30.3 Å². The summed E-state index contributed by atoms with van der Waals surface area (Å²) in [7, 11) is 1.67. The standard InChI is InChI=1S/C13H18O.C11H14N2O5S/c1-2-3-5-10-13(11-14)12-8-6-4-7-9-12;1-5(14)18-3-6-4-19-10-7(12-2)9(15)13(10)8(6)11(16)17/h4,6-9,11,13H,2-3,5,10H2,1H3;7,10,12H,3-4H2,1-2H3,(H,16,17)/t;7-,10-/m.1/s1. The predicted molar refractivity (Wildman–Crippen MR) is 127 cm³/mol. The smallest absolute Gasteiger partial charge is 0.352 e. The lowest BCUT2D eigenvalue weighted by atomic mass is 9.95. The van der Waals surface area contributed by atoms with Gasteiger partial charge >= 0.3 is 11.9 Å². The van der Waals surface area contributed by atoms with Crippen LogP contribution in [0.4, 0.5) is 0 Å². The van der Waals surface area contributed by atoms with Gasteiger partial charge in [0, 0.05) is 24.2 Å². The first-order chi connectivity index (χ1) is 15.8. The number of nitrogens with one attached hydrogen (secondary N) is 1. The number of amides is 1.